The zero-order chi connectivity index (χ0) is 39.5. The molecule has 3 amide bonds. The summed E-state index contributed by atoms with van der Waals surface area (Å²) in [7, 11) is -0.604. The predicted molar refractivity (Wildman–Crippen MR) is 187 cm³/mol. The van der Waals surface area contributed by atoms with E-state index in [0.29, 0.717) is 5.56 Å². The summed E-state index contributed by atoms with van der Waals surface area (Å²) in [5.74, 6) is -2.33. The van der Waals surface area contributed by atoms with E-state index in [-0.39, 0.29) is 52.7 Å². The molecule has 53 heavy (non-hydrogen) atoms. The number of hydrogen-bond acceptors (Lipinski definition) is 9. The van der Waals surface area contributed by atoms with Gasteiger partial charge in [0, 0.05) is 11.1 Å². The second-order valence-corrected chi connectivity index (χ2v) is 16.9. The number of hydrogen-bond donors (Lipinski definition) is 4. The zero-order valence-corrected chi connectivity index (χ0v) is 31.1. The minimum absolute atomic E-state index is 0.0125. The van der Waals surface area contributed by atoms with Gasteiger partial charge in [-0.3, -0.25) is 14.5 Å². The van der Waals surface area contributed by atoms with E-state index in [1.807, 2.05) is 0 Å². The fraction of sp³-hybridized carbons (Fsp3) is 0.457. The number of alkyl halides is 3. The van der Waals surface area contributed by atoms with Crippen molar-refractivity contribution in [1.82, 2.24) is 20.0 Å². The molecule has 2 aromatic heterocycles. The lowest BCUT2D eigenvalue weighted by Crippen LogP contribution is -2.52. The highest BCUT2D eigenvalue weighted by molar-refractivity contribution is 7.84. The molecule has 0 radical (unpaired) electrons. The van der Waals surface area contributed by atoms with Crippen molar-refractivity contribution in [3.63, 3.8) is 0 Å². The highest BCUT2D eigenvalue weighted by Crippen LogP contribution is 2.49. The van der Waals surface area contributed by atoms with Crippen molar-refractivity contribution < 1.29 is 50.7 Å². The molecular formula is C35H40F4N6O7S. The Hall–Kier alpha value is -4.68. The van der Waals surface area contributed by atoms with Crippen LogP contribution in [0.1, 0.15) is 75.8 Å². The molecular weight excluding hydrogens is 724 g/mol. The molecule has 0 spiro atoms. The first kappa shape index (κ1) is 39.5. The fourth-order valence-electron chi connectivity index (χ4n) is 5.75. The van der Waals surface area contributed by atoms with Crippen molar-refractivity contribution in [1.29, 1.82) is 0 Å². The van der Waals surface area contributed by atoms with Crippen molar-refractivity contribution in [2.75, 3.05) is 30.4 Å². The van der Waals surface area contributed by atoms with Crippen LogP contribution in [0.3, 0.4) is 0 Å². The summed E-state index contributed by atoms with van der Waals surface area (Å²) < 4.78 is 86.0. The molecule has 0 saturated heterocycles. The summed E-state index contributed by atoms with van der Waals surface area (Å²) in [6.45, 7) is 9.67. The van der Waals surface area contributed by atoms with Crippen LogP contribution in [0.15, 0.2) is 36.4 Å². The molecule has 3 aromatic rings. The van der Waals surface area contributed by atoms with Crippen LogP contribution in [0, 0.1) is 5.82 Å². The minimum atomic E-state index is -5.47. The quantitative estimate of drug-likeness (QED) is 0.231. The van der Waals surface area contributed by atoms with Crippen LogP contribution in [0.5, 0.6) is 5.88 Å². The Kier molecular flexibility index (Phi) is 10.2. The number of carbonyl (C=O) groups excluding carboxylic acids is 3. The number of ether oxygens (including phenoxy) is 2. The molecule has 0 aliphatic carbocycles. The van der Waals surface area contributed by atoms with Gasteiger partial charge in [-0.2, -0.15) is 13.2 Å². The molecule has 4 heterocycles. The number of pyridine rings is 2. The number of benzene rings is 1. The maximum Gasteiger partial charge on any atom is 0.424 e. The lowest BCUT2D eigenvalue weighted by Gasteiger charge is -2.33. The Morgan fingerprint density at radius 3 is 2.28 bits per heavy atom. The number of halogens is 4. The number of anilines is 2. The second-order valence-electron chi connectivity index (χ2n) is 15.0. The van der Waals surface area contributed by atoms with Crippen LogP contribution >= 0.6 is 0 Å². The van der Waals surface area contributed by atoms with Crippen LogP contribution in [0.25, 0.3) is 11.3 Å². The SMILES string of the molecule is COc1nc(C(=O)NCC(O)(c2cc3c(c(-c4ccc(F)cc4)n2)N(C(=O)OC(C)(C)C)C[C@@]3(C)NS(=O)C(C)(C)C)C(F)(F)F)cc2c1NC(=O)C2. The van der Waals surface area contributed by atoms with Crippen molar-refractivity contribution >= 4 is 40.3 Å². The van der Waals surface area contributed by atoms with Gasteiger partial charge in [-0.05, 0) is 90.4 Å². The Morgan fingerprint density at radius 2 is 1.72 bits per heavy atom. The molecule has 3 atom stereocenters. The van der Waals surface area contributed by atoms with Crippen molar-refractivity contribution in [3.05, 3.63) is 64.7 Å². The van der Waals surface area contributed by atoms with E-state index in [1.54, 1.807) is 41.5 Å². The number of amides is 3. The summed E-state index contributed by atoms with van der Waals surface area (Å²) in [6.07, 6.45) is -6.49. The van der Waals surface area contributed by atoms with Crippen LogP contribution in [0.2, 0.25) is 0 Å². The van der Waals surface area contributed by atoms with Gasteiger partial charge < -0.3 is 25.2 Å². The standard InChI is InChI=1S/C35H40F4N6O7S/c1-31(2,3)52-30(48)45-17-33(7,44-53(50)32(4,5)6)21-15-23(42-25(27(21)45)18-9-11-20(36)12-10-18)34(49,35(37,38)39)16-40-28(47)22-13-19-14-24(46)43-26(19)29(41-22)51-8/h9-13,15,44,49H,14,16-17H2,1-8H3,(H,40,47)(H,43,46)/t33-,34?,53?/m1/s1. The third kappa shape index (κ3) is 7.84. The van der Waals surface area contributed by atoms with E-state index in [4.69, 9.17) is 9.47 Å². The van der Waals surface area contributed by atoms with E-state index in [1.165, 1.54) is 32.2 Å². The summed E-state index contributed by atoms with van der Waals surface area (Å²) in [4.78, 5) is 48.4. The van der Waals surface area contributed by atoms with E-state index in [9.17, 15) is 28.1 Å². The van der Waals surface area contributed by atoms with Gasteiger partial charge in [-0.1, -0.05) is 0 Å². The number of methoxy groups -OCH3 is 1. The fourth-order valence-corrected chi connectivity index (χ4v) is 6.64. The van der Waals surface area contributed by atoms with Gasteiger partial charge in [0.2, 0.25) is 17.4 Å². The number of aromatic nitrogens is 2. The van der Waals surface area contributed by atoms with Crippen LogP contribution in [0.4, 0.5) is 33.7 Å². The number of rotatable bonds is 8. The van der Waals surface area contributed by atoms with Gasteiger partial charge in [0.05, 0.1) is 65.0 Å². The summed E-state index contributed by atoms with van der Waals surface area (Å²) in [5.41, 5.74) is -7.43. The molecule has 2 aliphatic heterocycles. The van der Waals surface area contributed by atoms with Gasteiger partial charge >= 0.3 is 12.3 Å². The topological polar surface area (TPSA) is 172 Å². The molecule has 2 aliphatic rings. The number of carbonyl (C=O) groups is 3. The smallest absolute Gasteiger partial charge is 0.424 e. The largest absolute Gasteiger partial charge is 0.479 e. The van der Waals surface area contributed by atoms with E-state index in [0.717, 1.165) is 23.1 Å². The lowest BCUT2D eigenvalue weighted by atomic mass is 9.89. The normalized spacial score (nSPS) is 18.8. The predicted octanol–water partition coefficient (Wildman–Crippen LogP) is 4.99. The Balaban J connectivity index is 1.68. The van der Waals surface area contributed by atoms with Gasteiger partial charge in [-0.25, -0.2) is 28.1 Å². The van der Waals surface area contributed by atoms with Crippen molar-refractivity contribution in [2.45, 2.75) is 82.6 Å². The van der Waals surface area contributed by atoms with Crippen molar-refractivity contribution in [3.8, 4) is 17.1 Å². The maximum absolute atomic E-state index is 15.2. The molecule has 1 aromatic carbocycles. The van der Waals surface area contributed by atoms with Gasteiger partial charge in [0.15, 0.2) is 0 Å². The number of aliphatic hydroxyl groups is 1. The summed E-state index contributed by atoms with van der Waals surface area (Å²) in [6, 6.07) is 6.74. The molecule has 2 unspecified atom stereocenters. The first-order valence-electron chi connectivity index (χ1n) is 16.3. The van der Waals surface area contributed by atoms with Gasteiger partial charge in [0.1, 0.15) is 22.8 Å². The van der Waals surface area contributed by atoms with Crippen LogP contribution in [-0.2, 0) is 38.1 Å². The average molecular weight is 765 g/mol. The average Bonchev–Trinajstić information content (AvgIpc) is 3.57. The second kappa shape index (κ2) is 13.6. The third-order valence-electron chi connectivity index (χ3n) is 8.44. The third-order valence-corrected chi connectivity index (χ3v) is 10.2. The number of nitrogens with one attached hydrogen (secondary N) is 3. The summed E-state index contributed by atoms with van der Waals surface area (Å²) in [5, 5.41) is 16.2. The molecule has 5 rings (SSSR count). The zero-order valence-electron chi connectivity index (χ0n) is 30.2. The molecule has 4 N–H and O–H groups in total. The molecule has 0 saturated carbocycles. The van der Waals surface area contributed by atoms with Crippen molar-refractivity contribution in [2.24, 2.45) is 0 Å². The van der Waals surface area contributed by atoms with Gasteiger partial charge in [-0.15, -0.1) is 0 Å². The van der Waals surface area contributed by atoms with Crippen LogP contribution in [-0.4, -0.2) is 73.9 Å². The molecule has 18 heteroatoms. The minimum Gasteiger partial charge on any atom is -0.479 e. The maximum atomic E-state index is 15.2. The van der Waals surface area contributed by atoms with Crippen LogP contribution < -0.4 is 25.0 Å². The van der Waals surface area contributed by atoms with Gasteiger partial charge in [0.25, 0.3) is 5.91 Å². The molecule has 0 bridgehead atoms. The highest BCUT2D eigenvalue weighted by atomic mass is 32.2. The van der Waals surface area contributed by atoms with E-state index in [2.05, 4.69) is 25.3 Å². The Morgan fingerprint density at radius 1 is 1.08 bits per heavy atom. The number of nitrogens with zero attached hydrogens (tertiary/aromatic N) is 3. The number of fused-ring (bicyclic) bond motifs is 2. The Bertz CT molecular complexity index is 2000. The lowest BCUT2D eigenvalue weighted by molar-refractivity contribution is -0.265. The molecule has 13 nitrogen and oxygen atoms in total. The first-order chi connectivity index (χ1) is 24.4. The summed E-state index contributed by atoms with van der Waals surface area (Å²) >= 11 is 0. The molecule has 286 valence electrons. The highest BCUT2D eigenvalue weighted by Gasteiger charge is 2.58. The Labute approximate surface area is 305 Å². The van der Waals surface area contributed by atoms with E-state index >= 15 is 13.2 Å². The van der Waals surface area contributed by atoms with E-state index < -0.39 is 74.6 Å². The monoisotopic (exact) mass is 764 g/mol. The first-order valence-corrected chi connectivity index (χ1v) is 17.5. The molecule has 0 fully saturated rings.